The molecule has 0 aliphatic heterocycles. The first-order valence-electron chi connectivity index (χ1n) is 7.94. The Balaban J connectivity index is 1.85. The lowest BCUT2D eigenvalue weighted by Gasteiger charge is -2.23. The van der Waals surface area contributed by atoms with E-state index in [-0.39, 0.29) is 5.91 Å². The van der Waals surface area contributed by atoms with Crippen molar-refractivity contribution in [2.24, 2.45) is 0 Å². The minimum Gasteiger partial charge on any atom is -0.383 e. The first kappa shape index (κ1) is 16.1. The molecule has 0 atom stereocenters. The Bertz CT molecular complexity index is 818. The van der Waals surface area contributed by atoms with Gasteiger partial charge in [0.05, 0.1) is 6.61 Å². The molecule has 1 amide bonds. The molecule has 0 saturated carbocycles. The van der Waals surface area contributed by atoms with Crippen LogP contribution in [0.2, 0.25) is 0 Å². The largest absolute Gasteiger partial charge is 0.383 e. The van der Waals surface area contributed by atoms with E-state index in [1.807, 2.05) is 59.5 Å². The van der Waals surface area contributed by atoms with Crippen molar-refractivity contribution in [3.8, 4) is 0 Å². The van der Waals surface area contributed by atoms with Crippen molar-refractivity contribution < 1.29 is 9.53 Å². The highest BCUT2D eigenvalue weighted by atomic mass is 16.5. The number of aromatic nitrogens is 1. The number of ether oxygens (including phenoxy) is 1. The van der Waals surface area contributed by atoms with Gasteiger partial charge >= 0.3 is 0 Å². The van der Waals surface area contributed by atoms with Gasteiger partial charge in [-0.3, -0.25) is 9.78 Å². The zero-order valence-corrected chi connectivity index (χ0v) is 13.7. The molecule has 2 aromatic carbocycles. The summed E-state index contributed by atoms with van der Waals surface area (Å²) in [5, 5.41) is 2.20. The highest BCUT2D eigenvalue weighted by molar-refractivity contribution is 5.98. The Morgan fingerprint density at radius 3 is 2.54 bits per heavy atom. The van der Waals surface area contributed by atoms with Crippen LogP contribution in [0.1, 0.15) is 15.9 Å². The number of benzene rings is 2. The molecule has 0 aliphatic rings. The van der Waals surface area contributed by atoms with Crippen molar-refractivity contribution in [1.29, 1.82) is 0 Å². The number of hydrogen-bond donors (Lipinski definition) is 0. The monoisotopic (exact) mass is 320 g/mol. The second-order valence-corrected chi connectivity index (χ2v) is 5.64. The highest BCUT2D eigenvalue weighted by Gasteiger charge is 2.16. The molecule has 0 N–H and O–H groups in total. The molecule has 4 heteroatoms. The average Bonchev–Trinajstić information content (AvgIpc) is 2.65. The lowest BCUT2D eigenvalue weighted by Crippen LogP contribution is -2.33. The van der Waals surface area contributed by atoms with Crippen molar-refractivity contribution in [2.45, 2.75) is 6.54 Å². The first-order valence-corrected chi connectivity index (χ1v) is 7.94. The Morgan fingerprint density at radius 2 is 1.79 bits per heavy atom. The SMILES string of the molecule is COCCN(Cc1ccncc1)C(=O)c1ccc2ccccc2c1. The van der Waals surface area contributed by atoms with Gasteiger partial charge < -0.3 is 9.64 Å². The predicted octanol–water partition coefficient (Wildman–Crippen LogP) is 3.52. The van der Waals surface area contributed by atoms with Crippen LogP contribution in [0.5, 0.6) is 0 Å². The van der Waals surface area contributed by atoms with Crippen LogP contribution in [0, 0.1) is 0 Å². The highest BCUT2D eigenvalue weighted by Crippen LogP contribution is 2.18. The molecule has 0 saturated heterocycles. The van der Waals surface area contributed by atoms with Gasteiger partial charge in [0.2, 0.25) is 0 Å². The summed E-state index contributed by atoms with van der Waals surface area (Å²) >= 11 is 0. The summed E-state index contributed by atoms with van der Waals surface area (Å²) in [5.41, 5.74) is 1.74. The normalized spacial score (nSPS) is 10.7. The number of carbonyl (C=O) groups is 1. The van der Waals surface area contributed by atoms with Crippen LogP contribution in [0.4, 0.5) is 0 Å². The number of amides is 1. The summed E-state index contributed by atoms with van der Waals surface area (Å²) in [6.45, 7) is 1.59. The standard InChI is InChI=1S/C20H20N2O2/c1-24-13-12-22(15-16-8-10-21-11-9-16)20(23)19-7-6-17-4-2-3-5-18(17)14-19/h2-11,14H,12-13,15H2,1H3. The summed E-state index contributed by atoms with van der Waals surface area (Å²) < 4.78 is 5.16. The minimum atomic E-state index is 0.00890. The number of nitrogens with zero attached hydrogens (tertiary/aromatic N) is 2. The minimum absolute atomic E-state index is 0.00890. The maximum atomic E-state index is 13.0. The van der Waals surface area contributed by atoms with Crippen LogP contribution in [-0.4, -0.2) is 36.1 Å². The van der Waals surface area contributed by atoms with Crippen LogP contribution < -0.4 is 0 Å². The Labute approximate surface area is 141 Å². The molecule has 0 bridgehead atoms. The van der Waals surface area contributed by atoms with E-state index in [1.54, 1.807) is 19.5 Å². The van der Waals surface area contributed by atoms with Crippen molar-refractivity contribution >= 4 is 16.7 Å². The molecule has 1 heterocycles. The Kier molecular flexibility index (Phi) is 5.18. The smallest absolute Gasteiger partial charge is 0.254 e. The van der Waals surface area contributed by atoms with Gasteiger partial charge in [0.1, 0.15) is 0 Å². The molecule has 3 rings (SSSR count). The third-order valence-electron chi connectivity index (χ3n) is 3.97. The molecule has 0 radical (unpaired) electrons. The summed E-state index contributed by atoms with van der Waals surface area (Å²) in [4.78, 5) is 18.8. The quantitative estimate of drug-likeness (QED) is 0.698. The predicted molar refractivity (Wildman–Crippen MR) is 94.8 cm³/mol. The number of methoxy groups -OCH3 is 1. The molecule has 1 aromatic heterocycles. The van der Waals surface area contributed by atoms with Crippen LogP contribution in [0.3, 0.4) is 0 Å². The zero-order valence-electron chi connectivity index (χ0n) is 13.7. The number of fused-ring (bicyclic) bond motifs is 1. The van der Waals surface area contributed by atoms with Crippen molar-refractivity contribution in [3.05, 3.63) is 78.1 Å². The fraction of sp³-hybridized carbons (Fsp3) is 0.200. The summed E-state index contributed by atoms with van der Waals surface area (Å²) in [7, 11) is 1.64. The third-order valence-corrected chi connectivity index (χ3v) is 3.97. The number of rotatable bonds is 6. The number of carbonyl (C=O) groups excluding carboxylic acids is 1. The van der Waals surface area contributed by atoms with E-state index in [1.165, 1.54) is 0 Å². The van der Waals surface area contributed by atoms with E-state index in [9.17, 15) is 4.79 Å². The van der Waals surface area contributed by atoms with Crippen LogP contribution in [-0.2, 0) is 11.3 Å². The van der Waals surface area contributed by atoms with Gasteiger partial charge in [0.15, 0.2) is 0 Å². The van der Waals surface area contributed by atoms with Gasteiger partial charge in [-0.1, -0.05) is 30.3 Å². The zero-order chi connectivity index (χ0) is 16.8. The Morgan fingerprint density at radius 1 is 1.04 bits per heavy atom. The van der Waals surface area contributed by atoms with Gasteiger partial charge in [-0.25, -0.2) is 0 Å². The topological polar surface area (TPSA) is 42.4 Å². The number of pyridine rings is 1. The van der Waals surface area contributed by atoms with E-state index in [4.69, 9.17) is 4.74 Å². The second kappa shape index (κ2) is 7.70. The van der Waals surface area contributed by atoms with E-state index in [2.05, 4.69) is 4.98 Å². The van der Waals surface area contributed by atoms with Gasteiger partial charge in [-0.15, -0.1) is 0 Å². The average molecular weight is 320 g/mol. The molecule has 0 fully saturated rings. The molecular formula is C20H20N2O2. The number of hydrogen-bond acceptors (Lipinski definition) is 3. The fourth-order valence-corrected chi connectivity index (χ4v) is 2.67. The van der Waals surface area contributed by atoms with Crippen molar-refractivity contribution in [1.82, 2.24) is 9.88 Å². The van der Waals surface area contributed by atoms with E-state index in [0.717, 1.165) is 16.3 Å². The maximum absolute atomic E-state index is 13.0. The second-order valence-electron chi connectivity index (χ2n) is 5.64. The lowest BCUT2D eigenvalue weighted by atomic mass is 10.1. The molecule has 4 nitrogen and oxygen atoms in total. The van der Waals surface area contributed by atoms with E-state index >= 15 is 0 Å². The maximum Gasteiger partial charge on any atom is 0.254 e. The molecular weight excluding hydrogens is 300 g/mol. The lowest BCUT2D eigenvalue weighted by molar-refractivity contribution is 0.0680. The molecule has 0 aliphatic carbocycles. The van der Waals surface area contributed by atoms with Gasteiger partial charge in [0, 0.05) is 38.2 Å². The van der Waals surface area contributed by atoms with E-state index < -0.39 is 0 Å². The van der Waals surface area contributed by atoms with Crippen molar-refractivity contribution in [3.63, 3.8) is 0 Å². The van der Waals surface area contributed by atoms with E-state index in [0.29, 0.717) is 25.3 Å². The van der Waals surface area contributed by atoms with Gasteiger partial charge in [-0.2, -0.15) is 0 Å². The summed E-state index contributed by atoms with van der Waals surface area (Å²) in [5.74, 6) is 0.00890. The third kappa shape index (κ3) is 3.78. The molecule has 24 heavy (non-hydrogen) atoms. The Hall–Kier alpha value is -2.72. The molecule has 122 valence electrons. The molecule has 0 spiro atoms. The van der Waals surface area contributed by atoms with Crippen LogP contribution >= 0.6 is 0 Å². The van der Waals surface area contributed by atoms with Gasteiger partial charge in [-0.05, 0) is 40.6 Å². The van der Waals surface area contributed by atoms with Crippen LogP contribution in [0.25, 0.3) is 10.8 Å². The molecule has 0 unspecified atom stereocenters. The fourth-order valence-electron chi connectivity index (χ4n) is 2.67. The summed E-state index contributed by atoms with van der Waals surface area (Å²) in [6.07, 6.45) is 3.48. The first-order chi connectivity index (χ1) is 11.8. The molecule has 3 aromatic rings. The summed E-state index contributed by atoms with van der Waals surface area (Å²) in [6, 6.07) is 17.7. The van der Waals surface area contributed by atoms with Crippen molar-refractivity contribution in [2.75, 3.05) is 20.3 Å². The van der Waals surface area contributed by atoms with Crippen LogP contribution in [0.15, 0.2) is 67.0 Å². The van der Waals surface area contributed by atoms with Gasteiger partial charge in [0.25, 0.3) is 5.91 Å².